The van der Waals surface area contributed by atoms with Gasteiger partial charge in [-0.3, -0.25) is 9.59 Å². The normalized spacial score (nSPS) is 17.1. The smallest absolute Gasteiger partial charge is 0.295 e. The van der Waals surface area contributed by atoms with E-state index in [-0.39, 0.29) is 23.3 Å². The molecule has 0 saturated carbocycles. The minimum Gasteiger partial charge on any atom is -0.507 e. The molecular formula is C32H35NO5. The maximum atomic E-state index is 13.4. The Morgan fingerprint density at radius 1 is 0.868 bits per heavy atom. The predicted octanol–water partition coefficient (Wildman–Crippen LogP) is 6.40. The van der Waals surface area contributed by atoms with E-state index in [1.54, 1.807) is 24.3 Å². The van der Waals surface area contributed by atoms with E-state index < -0.39 is 17.7 Å². The first-order chi connectivity index (χ1) is 18.1. The van der Waals surface area contributed by atoms with Crippen LogP contribution in [-0.4, -0.2) is 34.9 Å². The molecule has 1 aliphatic heterocycles. The number of carbonyl (C=O) groups excluding carboxylic acids is 2. The van der Waals surface area contributed by atoms with Crippen molar-refractivity contribution in [1.29, 1.82) is 0 Å². The van der Waals surface area contributed by atoms with Gasteiger partial charge in [-0.05, 0) is 60.2 Å². The van der Waals surface area contributed by atoms with Crippen LogP contribution in [0.5, 0.6) is 11.5 Å². The average Bonchev–Trinajstić information content (AvgIpc) is 3.13. The van der Waals surface area contributed by atoms with Crippen LogP contribution in [0, 0.1) is 0 Å². The number of hydrogen-bond acceptors (Lipinski definition) is 5. The second-order valence-corrected chi connectivity index (χ2v) is 10.3. The molecular weight excluding hydrogens is 478 g/mol. The van der Waals surface area contributed by atoms with Crippen LogP contribution in [0.4, 0.5) is 0 Å². The Labute approximate surface area is 224 Å². The number of aliphatic hydroxyl groups is 1. The summed E-state index contributed by atoms with van der Waals surface area (Å²) < 4.78 is 11.2. The van der Waals surface area contributed by atoms with E-state index in [0.29, 0.717) is 30.3 Å². The molecule has 3 aromatic carbocycles. The number of Topliss-reactive ketones (excluding diaryl/α,β-unsaturated/α-hetero) is 1. The van der Waals surface area contributed by atoms with Crippen molar-refractivity contribution in [3.63, 3.8) is 0 Å². The molecule has 0 aliphatic carbocycles. The molecule has 0 aromatic heterocycles. The standard InChI is InChI=1S/C32H35NO5/c1-6-37-25-12-8-10-21(18-25)20-33-28(22-14-16-24(17-15-22)32(3,4)5)27(30(35)31(33)36)29(34)23-11-9-13-26(19-23)38-7-2/h8-19,28,34H,6-7,20H2,1-5H3/b29-27-. The summed E-state index contributed by atoms with van der Waals surface area (Å²) >= 11 is 0. The largest absolute Gasteiger partial charge is 0.507 e. The Morgan fingerprint density at radius 2 is 1.47 bits per heavy atom. The molecule has 1 fully saturated rings. The molecule has 38 heavy (non-hydrogen) atoms. The Hall–Kier alpha value is -4.06. The lowest BCUT2D eigenvalue weighted by molar-refractivity contribution is -0.140. The highest BCUT2D eigenvalue weighted by molar-refractivity contribution is 6.46. The van der Waals surface area contributed by atoms with Gasteiger partial charge in [0.1, 0.15) is 17.3 Å². The van der Waals surface area contributed by atoms with Crippen LogP contribution < -0.4 is 9.47 Å². The second-order valence-electron chi connectivity index (χ2n) is 10.3. The zero-order valence-corrected chi connectivity index (χ0v) is 22.7. The molecule has 4 rings (SSSR count). The highest BCUT2D eigenvalue weighted by atomic mass is 16.5. The van der Waals surface area contributed by atoms with Gasteiger partial charge in [-0.25, -0.2) is 0 Å². The van der Waals surface area contributed by atoms with Crippen molar-refractivity contribution in [2.75, 3.05) is 13.2 Å². The molecule has 0 radical (unpaired) electrons. The number of hydrogen-bond donors (Lipinski definition) is 1. The van der Waals surface area contributed by atoms with Gasteiger partial charge in [-0.15, -0.1) is 0 Å². The number of amides is 1. The number of carbonyl (C=O) groups is 2. The summed E-state index contributed by atoms with van der Waals surface area (Å²) in [6.07, 6.45) is 0. The van der Waals surface area contributed by atoms with Gasteiger partial charge < -0.3 is 19.5 Å². The van der Waals surface area contributed by atoms with Crippen molar-refractivity contribution in [2.24, 2.45) is 0 Å². The third-order valence-corrected chi connectivity index (χ3v) is 6.61. The maximum absolute atomic E-state index is 13.4. The average molecular weight is 514 g/mol. The van der Waals surface area contributed by atoms with Crippen LogP contribution in [-0.2, 0) is 21.5 Å². The lowest BCUT2D eigenvalue weighted by atomic mass is 9.85. The summed E-state index contributed by atoms with van der Waals surface area (Å²) in [5.41, 5.74) is 3.14. The van der Waals surface area contributed by atoms with Crippen LogP contribution in [0.25, 0.3) is 5.76 Å². The first kappa shape index (κ1) is 27.0. The molecule has 1 aliphatic rings. The molecule has 1 unspecified atom stereocenters. The van der Waals surface area contributed by atoms with Crippen molar-refractivity contribution in [2.45, 2.75) is 52.6 Å². The number of benzene rings is 3. The molecule has 0 bridgehead atoms. The number of aliphatic hydroxyl groups excluding tert-OH is 1. The van der Waals surface area contributed by atoms with E-state index >= 15 is 0 Å². The van der Waals surface area contributed by atoms with Crippen molar-refractivity contribution < 1.29 is 24.2 Å². The molecule has 1 heterocycles. The molecule has 6 nitrogen and oxygen atoms in total. The molecule has 0 spiro atoms. The zero-order valence-electron chi connectivity index (χ0n) is 22.7. The highest BCUT2D eigenvalue weighted by Gasteiger charge is 2.46. The number of rotatable bonds is 8. The third kappa shape index (κ3) is 5.59. The lowest BCUT2D eigenvalue weighted by Gasteiger charge is -2.27. The van der Waals surface area contributed by atoms with Gasteiger partial charge in [0.05, 0.1) is 24.8 Å². The van der Waals surface area contributed by atoms with Gasteiger partial charge in [0, 0.05) is 12.1 Å². The molecule has 3 aromatic rings. The van der Waals surface area contributed by atoms with E-state index in [4.69, 9.17) is 9.47 Å². The van der Waals surface area contributed by atoms with E-state index in [0.717, 1.165) is 16.7 Å². The van der Waals surface area contributed by atoms with E-state index in [9.17, 15) is 14.7 Å². The van der Waals surface area contributed by atoms with Gasteiger partial charge >= 0.3 is 0 Å². The summed E-state index contributed by atoms with van der Waals surface area (Å²) in [5.74, 6) is -0.320. The number of ketones is 1. The minimum absolute atomic E-state index is 0.0558. The number of likely N-dealkylation sites (tertiary alicyclic amines) is 1. The highest BCUT2D eigenvalue weighted by Crippen LogP contribution is 2.41. The summed E-state index contributed by atoms with van der Waals surface area (Å²) in [6, 6.07) is 21.6. The van der Waals surface area contributed by atoms with E-state index in [1.165, 1.54) is 4.90 Å². The van der Waals surface area contributed by atoms with Gasteiger partial charge in [-0.1, -0.05) is 69.3 Å². The number of ether oxygens (including phenoxy) is 2. The van der Waals surface area contributed by atoms with Crippen LogP contribution in [0.1, 0.15) is 62.9 Å². The summed E-state index contributed by atoms with van der Waals surface area (Å²) in [7, 11) is 0. The fraction of sp³-hybridized carbons (Fsp3) is 0.312. The summed E-state index contributed by atoms with van der Waals surface area (Å²) in [4.78, 5) is 28.4. The molecule has 1 saturated heterocycles. The fourth-order valence-electron chi connectivity index (χ4n) is 4.71. The van der Waals surface area contributed by atoms with Crippen molar-refractivity contribution in [1.82, 2.24) is 4.90 Å². The van der Waals surface area contributed by atoms with Crippen molar-refractivity contribution in [3.8, 4) is 11.5 Å². The summed E-state index contributed by atoms with van der Waals surface area (Å²) in [5, 5.41) is 11.4. The molecule has 6 heteroatoms. The summed E-state index contributed by atoms with van der Waals surface area (Å²) in [6.45, 7) is 11.4. The predicted molar refractivity (Wildman–Crippen MR) is 148 cm³/mol. The van der Waals surface area contributed by atoms with Gasteiger partial charge in [0.2, 0.25) is 0 Å². The SMILES string of the molecule is CCOc1cccc(CN2C(=O)C(=O)/C(=C(\O)c3cccc(OCC)c3)C2c2ccc(C(C)(C)C)cc2)c1. The quantitative estimate of drug-likeness (QED) is 0.214. The Bertz CT molecular complexity index is 1350. The zero-order chi connectivity index (χ0) is 27.4. The van der Waals surface area contributed by atoms with Crippen LogP contribution in [0.15, 0.2) is 78.4 Å². The van der Waals surface area contributed by atoms with Gasteiger partial charge in [-0.2, -0.15) is 0 Å². The minimum atomic E-state index is -0.754. The van der Waals surface area contributed by atoms with E-state index in [1.807, 2.05) is 62.4 Å². The monoisotopic (exact) mass is 513 g/mol. The molecule has 198 valence electrons. The molecule has 1 amide bonds. The molecule has 1 atom stereocenters. The third-order valence-electron chi connectivity index (χ3n) is 6.61. The van der Waals surface area contributed by atoms with Crippen LogP contribution in [0.3, 0.4) is 0 Å². The van der Waals surface area contributed by atoms with Crippen LogP contribution >= 0.6 is 0 Å². The van der Waals surface area contributed by atoms with Gasteiger partial charge in [0.15, 0.2) is 0 Å². The number of nitrogens with zero attached hydrogens (tertiary/aromatic N) is 1. The van der Waals surface area contributed by atoms with Crippen molar-refractivity contribution >= 4 is 17.4 Å². The van der Waals surface area contributed by atoms with Gasteiger partial charge in [0.25, 0.3) is 11.7 Å². The Morgan fingerprint density at radius 3 is 2.08 bits per heavy atom. The van der Waals surface area contributed by atoms with Crippen molar-refractivity contribution in [3.05, 3.63) is 101 Å². The second kappa shape index (κ2) is 11.1. The Balaban J connectivity index is 1.83. The fourth-order valence-corrected chi connectivity index (χ4v) is 4.71. The maximum Gasteiger partial charge on any atom is 0.295 e. The lowest BCUT2D eigenvalue weighted by Crippen LogP contribution is -2.29. The van der Waals surface area contributed by atoms with E-state index in [2.05, 4.69) is 20.8 Å². The first-order valence-electron chi connectivity index (χ1n) is 13.0. The van der Waals surface area contributed by atoms with Crippen LogP contribution in [0.2, 0.25) is 0 Å². The topological polar surface area (TPSA) is 76.1 Å². The first-order valence-corrected chi connectivity index (χ1v) is 13.0. The molecule has 1 N–H and O–H groups in total. The Kier molecular flexibility index (Phi) is 7.91.